The van der Waals surface area contributed by atoms with Crippen molar-refractivity contribution >= 4 is 11.8 Å². The Morgan fingerprint density at radius 1 is 1.14 bits per heavy atom. The molecule has 0 radical (unpaired) electrons. The lowest BCUT2D eigenvalue weighted by Gasteiger charge is -2.05. The second-order valence-corrected chi connectivity index (χ2v) is 7.89. The van der Waals surface area contributed by atoms with Gasteiger partial charge in [-0.05, 0) is 37.5 Å². The Morgan fingerprint density at radius 2 is 1.97 bits per heavy atom. The first-order valence-corrected chi connectivity index (χ1v) is 10.4. The number of hydrogen-bond donors (Lipinski definition) is 1. The molecule has 4 aromatic rings. The summed E-state index contributed by atoms with van der Waals surface area (Å²) in [5, 5.41) is 7.36. The monoisotopic (exact) mass is 406 g/mol. The molecular formula is C22H22N4O2S. The fraction of sp³-hybridized carbons (Fsp3) is 0.227. The highest BCUT2D eigenvalue weighted by Crippen LogP contribution is 2.26. The SMILES string of the molecule is Cc1ccc(-c2nc(CSc3n[nH]c(=O)n3CCc3ccccc3)co2)c(C)c1. The van der Waals surface area contributed by atoms with Gasteiger partial charge in [-0.15, -0.1) is 5.10 Å². The van der Waals surface area contributed by atoms with E-state index in [0.29, 0.717) is 23.3 Å². The van der Waals surface area contributed by atoms with Crippen molar-refractivity contribution in [2.75, 3.05) is 0 Å². The van der Waals surface area contributed by atoms with Crippen LogP contribution in [-0.4, -0.2) is 19.7 Å². The van der Waals surface area contributed by atoms with E-state index >= 15 is 0 Å². The van der Waals surface area contributed by atoms with Crippen LogP contribution in [-0.2, 0) is 18.7 Å². The predicted molar refractivity (Wildman–Crippen MR) is 114 cm³/mol. The Bertz CT molecular complexity index is 1160. The number of benzene rings is 2. The summed E-state index contributed by atoms with van der Waals surface area (Å²) in [7, 11) is 0. The fourth-order valence-electron chi connectivity index (χ4n) is 3.19. The minimum atomic E-state index is -0.195. The summed E-state index contributed by atoms with van der Waals surface area (Å²) < 4.78 is 7.35. The second kappa shape index (κ2) is 8.53. The van der Waals surface area contributed by atoms with Gasteiger partial charge in [0.2, 0.25) is 5.89 Å². The van der Waals surface area contributed by atoms with E-state index in [1.807, 2.05) is 24.3 Å². The number of nitrogens with one attached hydrogen (secondary N) is 1. The Kier molecular flexibility index (Phi) is 5.67. The first-order valence-electron chi connectivity index (χ1n) is 9.44. The van der Waals surface area contributed by atoms with E-state index in [1.54, 1.807) is 10.8 Å². The third-order valence-electron chi connectivity index (χ3n) is 4.70. The maximum atomic E-state index is 12.1. The van der Waals surface area contributed by atoms with Crippen LogP contribution < -0.4 is 5.69 Å². The lowest BCUT2D eigenvalue weighted by Crippen LogP contribution is -2.18. The number of aromatic nitrogens is 4. The first kappa shape index (κ1) is 19.3. The molecule has 2 heterocycles. The van der Waals surface area contributed by atoms with Crippen molar-refractivity contribution in [1.82, 2.24) is 19.7 Å². The van der Waals surface area contributed by atoms with E-state index < -0.39 is 0 Å². The zero-order chi connectivity index (χ0) is 20.2. The van der Waals surface area contributed by atoms with Crippen LogP contribution in [0.1, 0.15) is 22.4 Å². The summed E-state index contributed by atoms with van der Waals surface area (Å²) in [6.45, 7) is 4.69. The maximum Gasteiger partial charge on any atom is 0.343 e. The molecule has 148 valence electrons. The summed E-state index contributed by atoms with van der Waals surface area (Å²) >= 11 is 1.47. The van der Waals surface area contributed by atoms with Crippen molar-refractivity contribution in [3.63, 3.8) is 0 Å². The van der Waals surface area contributed by atoms with Crippen LogP contribution in [0.15, 0.2) is 69.2 Å². The van der Waals surface area contributed by atoms with Crippen molar-refractivity contribution < 1.29 is 4.42 Å². The van der Waals surface area contributed by atoms with Gasteiger partial charge < -0.3 is 4.42 Å². The van der Waals surface area contributed by atoms with Gasteiger partial charge in [-0.2, -0.15) is 0 Å². The van der Waals surface area contributed by atoms with Gasteiger partial charge in [-0.1, -0.05) is 59.8 Å². The number of thioether (sulfide) groups is 1. The van der Waals surface area contributed by atoms with Gasteiger partial charge in [0.25, 0.3) is 0 Å². The van der Waals surface area contributed by atoms with E-state index in [4.69, 9.17) is 4.42 Å². The third-order valence-corrected chi connectivity index (χ3v) is 5.71. The molecule has 0 amide bonds. The molecule has 4 rings (SSSR count). The van der Waals surface area contributed by atoms with Crippen molar-refractivity contribution in [2.45, 2.75) is 37.7 Å². The number of hydrogen-bond acceptors (Lipinski definition) is 5. The van der Waals surface area contributed by atoms with Crippen LogP contribution in [0.4, 0.5) is 0 Å². The van der Waals surface area contributed by atoms with Crippen LogP contribution in [0.3, 0.4) is 0 Å². The van der Waals surface area contributed by atoms with E-state index in [2.05, 4.69) is 53.3 Å². The van der Waals surface area contributed by atoms with Crippen LogP contribution in [0.2, 0.25) is 0 Å². The van der Waals surface area contributed by atoms with Gasteiger partial charge >= 0.3 is 5.69 Å². The van der Waals surface area contributed by atoms with Crippen molar-refractivity contribution in [3.8, 4) is 11.5 Å². The van der Waals surface area contributed by atoms with Crippen LogP contribution in [0, 0.1) is 13.8 Å². The predicted octanol–water partition coefficient (Wildman–Crippen LogP) is 4.38. The minimum absolute atomic E-state index is 0.195. The summed E-state index contributed by atoms with van der Waals surface area (Å²) in [5.74, 6) is 1.19. The van der Waals surface area contributed by atoms with Gasteiger partial charge in [0.1, 0.15) is 6.26 Å². The van der Waals surface area contributed by atoms with Gasteiger partial charge in [0, 0.05) is 17.9 Å². The van der Waals surface area contributed by atoms with E-state index in [-0.39, 0.29) is 5.69 Å². The number of oxazole rings is 1. The molecule has 29 heavy (non-hydrogen) atoms. The maximum absolute atomic E-state index is 12.1. The molecule has 6 nitrogen and oxygen atoms in total. The van der Waals surface area contributed by atoms with E-state index in [9.17, 15) is 4.79 Å². The second-order valence-electron chi connectivity index (χ2n) is 6.95. The third kappa shape index (κ3) is 4.51. The summed E-state index contributed by atoms with van der Waals surface area (Å²) in [6, 6.07) is 16.3. The Balaban J connectivity index is 1.43. The fourth-order valence-corrected chi connectivity index (χ4v) is 4.04. The standard InChI is InChI=1S/C22H22N4O2S/c1-15-8-9-19(16(2)12-15)20-23-18(13-28-20)14-29-22-25-24-21(27)26(22)11-10-17-6-4-3-5-7-17/h3-9,12-13H,10-11,14H2,1-2H3,(H,24,27). The molecule has 0 aliphatic carbocycles. The average molecular weight is 407 g/mol. The molecule has 0 atom stereocenters. The molecule has 0 saturated heterocycles. The van der Waals surface area contributed by atoms with Crippen molar-refractivity contribution in [1.29, 1.82) is 0 Å². The molecule has 2 aromatic heterocycles. The molecule has 0 fully saturated rings. The van der Waals surface area contributed by atoms with Crippen LogP contribution >= 0.6 is 11.8 Å². The first-order chi connectivity index (χ1) is 14.1. The largest absolute Gasteiger partial charge is 0.444 e. The average Bonchev–Trinajstić information content (AvgIpc) is 3.32. The summed E-state index contributed by atoms with van der Waals surface area (Å²) in [5.41, 5.74) is 5.14. The molecule has 0 saturated carbocycles. The number of aryl methyl sites for hydroxylation is 3. The quantitative estimate of drug-likeness (QED) is 0.461. The highest BCUT2D eigenvalue weighted by Gasteiger charge is 2.13. The minimum Gasteiger partial charge on any atom is -0.444 e. The topological polar surface area (TPSA) is 76.7 Å². The number of nitrogens with zero attached hydrogens (tertiary/aromatic N) is 3. The smallest absolute Gasteiger partial charge is 0.343 e. The van der Waals surface area contributed by atoms with Crippen LogP contribution in [0.5, 0.6) is 0 Å². The van der Waals surface area contributed by atoms with Crippen molar-refractivity contribution in [2.24, 2.45) is 0 Å². The number of aromatic amines is 1. The Hall–Kier alpha value is -3.06. The lowest BCUT2D eigenvalue weighted by atomic mass is 10.1. The molecule has 0 unspecified atom stereocenters. The zero-order valence-electron chi connectivity index (χ0n) is 16.4. The van der Waals surface area contributed by atoms with Crippen LogP contribution in [0.25, 0.3) is 11.5 Å². The molecule has 1 N–H and O–H groups in total. The molecule has 0 bridgehead atoms. The van der Waals surface area contributed by atoms with Gasteiger partial charge in [-0.25, -0.2) is 14.9 Å². The van der Waals surface area contributed by atoms with Crippen molar-refractivity contribution in [3.05, 3.63) is 87.7 Å². The van der Waals surface area contributed by atoms with Gasteiger partial charge in [-0.3, -0.25) is 4.57 Å². The highest BCUT2D eigenvalue weighted by atomic mass is 32.2. The summed E-state index contributed by atoms with van der Waals surface area (Å²) in [4.78, 5) is 16.7. The Labute approximate surface area is 173 Å². The normalized spacial score (nSPS) is 11.1. The molecule has 0 aliphatic heterocycles. The molecular weight excluding hydrogens is 384 g/mol. The van der Waals surface area contributed by atoms with E-state index in [1.165, 1.54) is 22.9 Å². The zero-order valence-corrected chi connectivity index (χ0v) is 17.2. The van der Waals surface area contributed by atoms with E-state index in [0.717, 1.165) is 23.2 Å². The lowest BCUT2D eigenvalue weighted by molar-refractivity contribution is 0.573. The van der Waals surface area contributed by atoms with Gasteiger partial charge in [0.15, 0.2) is 5.16 Å². The summed E-state index contributed by atoms with van der Waals surface area (Å²) in [6.07, 6.45) is 2.44. The van der Waals surface area contributed by atoms with Gasteiger partial charge in [0.05, 0.1) is 5.69 Å². The number of H-pyrrole nitrogens is 1. The highest BCUT2D eigenvalue weighted by molar-refractivity contribution is 7.98. The number of rotatable bonds is 7. The molecule has 0 spiro atoms. The molecule has 7 heteroatoms. The molecule has 0 aliphatic rings. The molecule has 2 aromatic carbocycles. The Morgan fingerprint density at radius 3 is 2.76 bits per heavy atom.